The van der Waals surface area contributed by atoms with Gasteiger partial charge in [0, 0.05) is 25.2 Å². The van der Waals surface area contributed by atoms with Gasteiger partial charge in [-0.3, -0.25) is 9.69 Å². The molecule has 1 aromatic heterocycles. The second-order valence-electron chi connectivity index (χ2n) is 6.11. The fourth-order valence-corrected chi connectivity index (χ4v) is 3.71. The van der Waals surface area contributed by atoms with Gasteiger partial charge in [-0.25, -0.2) is 8.78 Å². The van der Waals surface area contributed by atoms with E-state index in [2.05, 4.69) is 10.2 Å². The average molecular weight is 350 g/mol. The molecule has 24 heavy (non-hydrogen) atoms. The number of rotatable bonds is 4. The van der Waals surface area contributed by atoms with E-state index >= 15 is 0 Å². The third-order valence-electron chi connectivity index (χ3n) is 4.58. The van der Waals surface area contributed by atoms with Crippen molar-refractivity contribution < 1.29 is 13.6 Å². The maximum Gasteiger partial charge on any atom is 0.261 e. The van der Waals surface area contributed by atoms with Gasteiger partial charge in [0.15, 0.2) is 11.6 Å². The van der Waals surface area contributed by atoms with Crippen LogP contribution in [0.5, 0.6) is 0 Å². The minimum atomic E-state index is -0.819. The maximum absolute atomic E-state index is 13.4. The fourth-order valence-electron chi connectivity index (χ4n) is 3.08. The van der Waals surface area contributed by atoms with Gasteiger partial charge in [-0.15, -0.1) is 11.3 Å². The molecule has 1 saturated heterocycles. The number of benzene rings is 1. The SMILES string of the molecule is CC(c1ccc(F)c(F)c1)N1CCC(NC(=O)c2cccs2)CC1. The molecule has 1 aliphatic heterocycles. The Morgan fingerprint density at radius 2 is 2.00 bits per heavy atom. The zero-order valence-electron chi connectivity index (χ0n) is 13.5. The third-order valence-corrected chi connectivity index (χ3v) is 5.45. The largest absolute Gasteiger partial charge is 0.349 e. The van der Waals surface area contributed by atoms with Crippen molar-refractivity contribution in [3.63, 3.8) is 0 Å². The van der Waals surface area contributed by atoms with Crippen molar-refractivity contribution >= 4 is 17.2 Å². The van der Waals surface area contributed by atoms with Crippen molar-refractivity contribution in [3.05, 3.63) is 57.8 Å². The van der Waals surface area contributed by atoms with Crippen molar-refractivity contribution in [1.29, 1.82) is 0 Å². The first-order valence-electron chi connectivity index (χ1n) is 8.08. The van der Waals surface area contributed by atoms with Gasteiger partial charge in [-0.05, 0) is 48.9 Å². The molecule has 0 spiro atoms. The van der Waals surface area contributed by atoms with Gasteiger partial charge in [0.2, 0.25) is 0 Å². The molecule has 1 aliphatic rings. The van der Waals surface area contributed by atoms with Crippen LogP contribution in [0.3, 0.4) is 0 Å². The summed E-state index contributed by atoms with van der Waals surface area (Å²) < 4.78 is 26.5. The number of nitrogens with zero attached hydrogens (tertiary/aromatic N) is 1. The van der Waals surface area contributed by atoms with Crippen molar-refractivity contribution in [2.75, 3.05) is 13.1 Å². The smallest absolute Gasteiger partial charge is 0.261 e. The summed E-state index contributed by atoms with van der Waals surface area (Å²) in [5.74, 6) is -1.64. The van der Waals surface area contributed by atoms with Crippen LogP contribution in [0.15, 0.2) is 35.7 Å². The molecule has 1 fully saturated rings. The summed E-state index contributed by atoms with van der Waals surface area (Å²) in [6.45, 7) is 3.63. The molecule has 3 rings (SSSR count). The monoisotopic (exact) mass is 350 g/mol. The quantitative estimate of drug-likeness (QED) is 0.904. The second kappa shape index (κ2) is 7.40. The molecule has 128 valence electrons. The van der Waals surface area contributed by atoms with E-state index in [1.807, 2.05) is 24.4 Å². The molecule has 3 nitrogen and oxygen atoms in total. The Morgan fingerprint density at radius 1 is 1.25 bits per heavy atom. The lowest BCUT2D eigenvalue weighted by Crippen LogP contribution is -2.45. The molecule has 0 radical (unpaired) electrons. The predicted octanol–water partition coefficient (Wildman–Crippen LogP) is 3.98. The first-order valence-corrected chi connectivity index (χ1v) is 8.96. The molecule has 0 aliphatic carbocycles. The lowest BCUT2D eigenvalue weighted by atomic mass is 10.00. The number of hydrogen-bond acceptors (Lipinski definition) is 3. The number of halogens is 2. The number of thiophene rings is 1. The van der Waals surface area contributed by atoms with Crippen LogP contribution in [0.4, 0.5) is 8.78 Å². The van der Waals surface area contributed by atoms with Crippen molar-refractivity contribution in [2.24, 2.45) is 0 Å². The minimum absolute atomic E-state index is 0.0166. The molecule has 1 amide bonds. The summed E-state index contributed by atoms with van der Waals surface area (Å²) in [5.41, 5.74) is 0.773. The summed E-state index contributed by atoms with van der Waals surface area (Å²) in [6.07, 6.45) is 1.70. The summed E-state index contributed by atoms with van der Waals surface area (Å²) in [5, 5.41) is 4.96. The Morgan fingerprint density at radius 3 is 2.62 bits per heavy atom. The Kier molecular flexibility index (Phi) is 5.26. The molecule has 0 saturated carbocycles. The molecular formula is C18H20F2N2OS. The number of nitrogens with one attached hydrogen (secondary N) is 1. The van der Waals surface area contributed by atoms with E-state index in [1.165, 1.54) is 23.5 Å². The lowest BCUT2D eigenvalue weighted by Gasteiger charge is -2.36. The van der Waals surface area contributed by atoms with Crippen molar-refractivity contribution in [3.8, 4) is 0 Å². The number of carbonyl (C=O) groups is 1. The molecule has 2 heterocycles. The molecule has 1 unspecified atom stereocenters. The molecular weight excluding hydrogens is 330 g/mol. The van der Waals surface area contributed by atoms with Gasteiger partial charge in [0.1, 0.15) is 0 Å². The van der Waals surface area contributed by atoms with Crippen LogP contribution < -0.4 is 5.32 Å². The predicted molar refractivity (Wildman–Crippen MR) is 91.2 cm³/mol. The van der Waals surface area contributed by atoms with Gasteiger partial charge in [0.05, 0.1) is 4.88 Å². The Labute approximate surface area is 144 Å². The highest BCUT2D eigenvalue weighted by Gasteiger charge is 2.25. The second-order valence-corrected chi connectivity index (χ2v) is 7.06. The zero-order valence-corrected chi connectivity index (χ0v) is 14.3. The highest BCUT2D eigenvalue weighted by Crippen LogP contribution is 2.25. The molecule has 2 aromatic rings. The summed E-state index contributed by atoms with van der Waals surface area (Å²) in [6, 6.07) is 7.95. The van der Waals surface area contributed by atoms with E-state index in [0.717, 1.165) is 36.4 Å². The van der Waals surface area contributed by atoms with E-state index in [-0.39, 0.29) is 18.0 Å². The number of carbonyl (C=O) groups excluding carboxylic acids is 1. The summed E-state index contributed by atoms with van der Waals surface area (Å²) in [7, 11) is 0. The maximum atomic E-state index is 13.4. The fraction of sp³-hybridized carbons (Fsp3) is 0.389. The Hall–Kier alpha value is -1.79. The van der Waals surface area contributed by atoms with E-state index in [1.54, 1.807) is 6.07 Å². The van der Waals surface area contributed by atoms with Gasteiger partial charge in [-0.1, -0.05) is 12.1 Å². The van der Waals surface area contributed by atoms with Crippen molar-refractivity contribution in [1.82, 2.24) is 10.2 Å². The van der Waals surface area contributed by atoms with Gasteiger partial charge >= 0.3 is 0 Å². The summed E-state index contributed by atoms with van der Waals surface area (Å²) >= 11 is 1.44. The highest BCUT2D eigenvalue weighted by atomic mass is 32.1. The van der Waals surface area contributed by atoms with Crippen LogP contribution in [0.1, 0.15) is 41.0 Å². The zero-order chi connectivity index (χ0) is 17.1. The van der Waals surface area contributed by atoms with Crippen LogP contribution in [0.2, 0.25) is 0 Å². The molecule has 0 bridgehead atoms. The van der Waals surface area contributed by atoms with Crippen LogP contribution in [0.25, 0.3) is 0 Å². The summed E-state index contributed by atoms with van der Waals surface area (Å²) in [4.78, 5) is 15.1. The standard InChI is InChI=1S/C18H20F2N2OS/c1-12(13-4-5-15(19)16(20)11-13)22-8-6-14(7-9-22)21-18(23)17-3-2-10-24-17/h2-5,10-12,14H,6-9H2,1H3,(H,21,23). The van der Waals surface area contributed by atoms with Crippen LogP contribution in [0, 0.1) is 11.6 Å². The molecule has 1 N–H and O–H groups in total. The first kappa shape index (κ1) is 17.0. The van der Waals surface area contributed by atoms with E-state index < -0.39 is 11.6 Å². The van der Waals surface area contributed by atoms with Gasteiger partial charge < -0.3 is 5.32 Å². The highest BCUT2D eigenvalue weighted by molar-refractivity contribution is 7.12. The van der Waals surface area contributed by atoms with Crippen molar-refractivity contribution in [2.45, 2.75) is 31.8 Å². The molecule has 1 aromatic carbocycles. The van der Waals surface area contributed by atoms with E-state index in [4.69, 9.17) is 0 Å². The first-order chi connectivity index (χ1) is 11.5. The Balaban J connectivity index is 1.54. The van der Waals surface area contributed by atoms with E-state index in [0.29, 0.717) is 0 Å². The lowest BCUT2D eigenvalue weighted by molar-refractivity contribution is 0.0900. The van der Waals surface area contributed by atoms with Crippen LogP contribution in [-0.2, 0) is 0 Å². The topological polar surface area (TPSA) is 32.3 Å². The van der Waals surface area contributed by atoms with Crippen LogP contribution in [-0.4, -0.2) is 29.9 Å². The number of amides is 1. The average Bonchev–Trinajstić information content (AvgIpc) is 3.12. The minimum Gasteiger partial charge on any atom is -0.349 e. The molecule has 6 heteroatoms. The third kappa shape index (κ3) is 3.82. The van der Waals surface area contributed by atoms with E-state index in [9.17, 15) is 13.6 Å². The molecule has 1 atom stereocenters. The Bertz CT molecular complexity index is 697. The van der Waals surface area contributed by atoms with Gasteiger partial charge in [-0.2, -0.15) is 0 Å². The number of piperidine rings is 1. The number of hydrogen-bond donors (Lipinski definition) is 1. The van der Waals surface area contributed by atoms with Crippen LogP contribution >= 0.6 is 11.3 Å². The normalized spacial score (nSPS) is 17.6. The number of likely N-dealkylation sites (tertiary alicyclic amines) is 1. The van der Waals surface area contributed by atoms with Gasteiger partial charge in [0.25, 0.3) is 5.91 Å².